The lowest BCUT2D eigenvalue weighted by atomic mass is 10.1. The average molecular weight is 270 g/mol. The van der Waals surface area contributed by atoms with Crippen molar-refractivity contribution in [2.45, 2.75) is 31.7 Å². The zero-order chi connectivity index (χ0) is 13.5. The van der Waals surface area contributed by atoms with Crippen molar-refractivity contribution in [3.05, 3.63) is 0 Å². The molecule has 1 amide bonds. The second kappa shape index (κ2) is 7.79. The second-order valence-electron chi connectivity index (χ2n) is 5.31. The van der Waals surface area contributed by atoms with Crippen LogP contribution in [0.3, 0.4) is 0 Å². The fourth-order valence-corrected chi connectivity index (χ4v) is 2.62. The first-order valence-electron chi connectivity index (χ1n) is 7.36. The maximum atomic E-state index is 12.2. The Kier molecular flexibility index (Phi) is 6.03. The summed E-state index contributed by atoms with van der Waals surface area (Å²) in [7, 11) is 0. The van der Waals surface area contributed by atoms with Crippen LogP contribution in [-0.4, -0.2) is 67.8 Å². The number of morpholine rings is 1. The average Bonchev–Trinajstić information content (AvgIpc) is 2.48. The van der Waals surface area contributed by atoms with Crippen LogP contribution in [0.5, 0.6) is 0 Å². The summed E-state index contributed by atoms with van der Waals surface area (Å²) in [6.45, 7) is 5.50. The van der Waals surface area contributed by atoms with Crippen LogP contribution in [0.1, 0.15) is 25.7 Å². The van der Waals surface area contributed by atoms with E-state index in [1.165, 1.54) is 6.42 Å². The third kappa shape index (κ3) is 4.72. The first-order valence-corrected chi connectivity index (χ1v) is 7.36. The third-order valence-corrected chi connectivity index (χ3v) is 3.79. The highest BCUT2D eigenvalue weighted by atomic mass is 16.5. The zero-order valence-corrected chi connectivity index (χ0v) is 11.6. The lowest BCUT2D eigenvalue weighted by Gasteiger charge is -2.33. The van der Waals surface area contributed by atoms with E-state index in [1.54, 1.807) is 0 Å². The van der Waals surface area contributed by atoms with Gasteiger partial charge in [0.15, 0.2) is 0 Å². The SMILES string of the molecule is NCC(CC(=O)N1CCCCC1)NN1CCOCC1. The highest BCUT2D eigenvalue weighted by Gasteiger charge is 2.22. The fourth-order valence-electron chi connectivity index (χ4n) is 2.62. The van der Waals surface area contributed by atoms with Crippen molar-refractivity contribution in [2.75, 3.05) is 45.9 Å². The first-order chi connectivity index (χ1) is 9.29. The lowest BCUT2D eigenvalue weighted by Crippen LogP contribution is -2.53. The minimum absolute atomic E-state index is 0.0347. The molecule has 2 rings (SSSR count). The van der Waals surface area contributed by atoms with E-state index < -0.39 is 0 Å². The van der Waals surface area contributed by atoms with Crippen LogP contribution in [0.4, 0.5) is 0 Å². The van der Waals surface area contributed by atoms with Gasteiger partial charge in [-0.2, -0.15) is 0 Å². The molecule has 110 valence electrons. The van der Waals surface area contributed by atoms with Gasteiger partial charge < -0.3 is 15.4 Å². The van der Waals surface area contributed by atoms with Crippen LogP contribution in [-0.2, 0) is 9.53 Å². The van der Waals surface area contributed by atoms with E-state index in [0.29, 0.717) is 13.0 Å². The molecule has 2 saturated heterocycles. The van der Waals surface area contributed by atoms with Crippen LogP contribution < -0.4 is 11.2 Å². The number of ether oxygens (including phenoxy) is 1. The summed E-state index contributed by atoms with van der Waals surface area (Å²) in [5.41, 5.74) is 9.13. The molecule has 6 heteroatoms. The number of nitrogens with one attached hydrogen (secondary N) is 1. The predicted octanol–water partition coefficient (Wildman–Crippen LogP) is -0.447. The Hall–Kier alpha value is -0.690. The van der Waals surface area contributed by atoms with Crippen LogP contribution >= 0.6 is 0 Å². The summed E-state index contributed by atoms with van der Waals surface area (Å²) < 4.78 is 5.30. The molecule has 0 aliphatic carbocycles. The minimum Gasteiger partial charge on any atom is -0.379 e. The molecule has 2 aliphatic heterocycles. The van der Waals surface area contributed by atoms with Crippen LogP contribution in [0.15, 0.2) is 0 Å². The summed E-state index contributed by atoms with van der Waals surface area (Å²) in [5, 5.41) is 2.12. The standard InChI is InChI=1S/C13H26N4O2/c14-11-12(15-17-6-8-19-9-7-17)10-13(18)16-4-2-1-3-5-16/h12,15H,1-11,14H2. The van der Waals surface area contributed by atoms with Crippen molar-refractivity contribution >= 4 is 5.91 Å². The van der Waals surface area contributed by atoms with E-state index in [1.807, 2.05) is 4.90 Å². The van der Waals surface area contributed by atoms with Crippen LogP contribution in [0, 0.1) is 0 Å². The molecule has 1 unspecified atom stereocenters. The molecule has 0 saturated carbocycles. The Morgan fingerprint density at radius 2 is 1.84 bits per heavy atom. The Morgan fingerprint density at radius 3 is 2.47 bits per heavy atom. The number of hydrazine groups is 1. The molecule has 0 bridgehead atoms. The Morgan fingerprint density at radius 1 is 1.16 bits per heavy atom. The molecular formula is C13H26N4O2. The Bertz CT molecular complexity index is 276. The van der Waals surface area contributed by atoms with E-state index in [0.717, 1.165) is 52.2 Å². The molecule has 3 N–H and O–H groups in total. The van der Waals surface area contributed by atoms with Gasteiger partial charge in [0.2, 0.25) is 5.91 Å². The first kappa shape index (κ1) is 14.7. The van der Waals surface area contributed by atoms with Gasteiger partial charge in [-0.3, -0.25) is 10.2 Å². The van der Waals surface area contributed by atoms with Gasteiger partial charge in [0.25, 0.3) is 0 Å². The number of likely N-dealkylation sites (tertiary alicyclic amines) is 1. The van der Waals surface area contributed by atoms with Crippen LogP contribution in [0.2, 0.25) is 0 Å². The quantitative estimate of drug-likeness (QED) is 0.708. The van der Waals surface area contributed by atoms with E-state index >= 15 is 0 Å². The normalized spacial score (nSPS) is 23.3. The maximum Gasteiger partial charge on any atom is 0.224 e. The topological polar surface area (TPSA) is 70.8 Å². The smallest absolute Gasteiger partial charge is 0.224 e. The summed E-state index contributed by atoms with van der Waals surface area (Å²) in [4.78, 5) is 14.2. The Balaban J connectivity index is 1.75. The second-order valence-corrected chi connectivity index (χ2v) is 5.31. The third-order valence-electron chi connectivity index (χ3n) is 3.79. The number of hydrogen-bond donors (Lipinski definition) is 2. The number of amides is 1. The van der Waals surface area contributed by atoms with Gasteiger partial charge in [-0.05, 0) is 19.3 Å². The molecule has 0 aromatic carbocycles. The van der Waals surface area contributed by atoms with Gasteiger partial charge in [0.1, 0.15) is 0 Å². The summed E-state index contributed by atoms with van der Waals surface area (Å²) in [5.74, 6) is 0.232. The molecule has 0 spiro atoms. The van der Waals surface area contributed by atoms with Gasteiger partial charge in [0, 0.05) is 45.2 Å². The highest BCUT2D eigenvalue weighted by molar-refractivity contribution is 5.76. The van der Waals surface area contributed by atoms with Gasteiger partial charge in [-0.1, -0.05) is 0 Å². The van der Waals surface area contributed by atoms with Gasteiger partial charge in [-0.15, -0.1) is 0 Å². The molecule has 1 atom stereocenters. The van der Waals surface area contributed by atoms with Crippen molar-refractivity contribution in [1.82, 2.24) is 15.3 Å². The number of carbonyl (C=O) groups is 1. The summed E-state index contributed by atoms with van der Waals surface area (Å²) in [6.07, 6.45) is 4.01. The molecule has 2 heterocycles. The van der Waals surface area contributed by atoms with E-state index in [-0.39, 0.29) is 11.9 Å². The molecule has 0 aromatic heterocycles. The largest absolute Gasteiger partial charge is 0.379 e. The number of piperidine rings is 1. The number of rotatable bonds is 5. The molecule has 2 aliphatic rings. The summed E-state index contributed by atoms with van der Waals surface area (Å²) >= 11 is 0. The van der Waals surface area contributed by atoms with Crippen LogP contribution in [0.25, 0.3) is 0 Å². The Labute approximate surface area is 115 Å². The minimum atomic E-state index is 0.0347. The highest BCUT2D eigenvalue weighted by Crippen LogP contribution is 2.10. The number of nitrogens with two attached hydrogens (primary N) is 1. The van der Waals surface area contributed by atoms with Crippen molar-refractivity contribution < 1.29 is 9.53 Å². The number of carbonyl (C=O) groups excluding carboxylic acids is 1. The monoisotopic (exact) mass is 270 g/mol. The van der Waals surface area contributed by atoms with Crippen molar-refractivity contribution in [1.29, 1.82) is 0 Å². The lowest BCUT2D eigenvalue weighted by molar-refractivity contribution is -0.133. The molecular weight excluding hydrogens is 244 g/mol. The maximum absolute atomic E-state index is 12.2. The van der Waals surface area contributed by atoms with Crippen molar-refractivity contribution in [3.8, 4) is 0 Å². The number of hydrogen-bond acceptors (Lipinski definition) is 5. The van der Waals surface area contributed by atoms with E-state index in [9.17, 15) is 4.79 Å². The van der Waals surface area contributed by atoms with Crippen molar-refractivity contribution in [2.24, 2.45) is 5.73 Å². The van der Waals surface area contributed by atoms with E-state index in [4.69, 9.17) is 10.5 Å². The predicted molar refractivity (Wildman–Crippen MR) is 73.4 cm³/mol. The molecule has 19 heavy (non-hydrogen) atoms. The van der Waals surface area contributed by atoms with Gasteiger partial charge in [0.05, 0.1) is 13.2 Å². The molecule has 2 fully saturated rings. The van der Waals surface area contributed by atoms with Gasteiger partial charge in [-0.25, -0.2) is 5.01 Å². The van der Waals surface area contributed by atoms with Gasteiger partial charge >= 0.3 is 0 Å². The zero-order valence-electron chi connectivity index (χ0n) is 11.6. The number of nitrogens with zero attached hydrogens (tertiary/aromatic N) is 2. The molecule has 6 nitrogen and oxygen atoms in total. The molecule has 0 radical (unpaired) electrons. The van der Waals surface area contributed by atoms with Crippen molar-refractivity contribution in [3.63, 3.8) is 0 Å². The molecule has 0 aromatic rings. The van der Waals surface area contributed by atoms with E-state index in [2.05, 4.69) is 10.4 Å². The fraction of sp³-hybridized carbons (Fsp3) is 0.923. The summed E-state index contributed by atoms with van der Waals surface area (Å²) in [6, 6.07) is 0.0347.